The fraction of sp³-hybridized carbons (Fsp3) is 0.429. The fourth-order valence-corrected chi connectivity index (χ4v) is 4.78. The van der Waals surface area contributed by atoms with E-state index in [1.165, 1.54) is 16.7 Å². The highest BCUT2D eigenvalue weighted by atomic mass is 19.2. The number of halogens is 2. The van der Waals surface area contributed by atoms with Gasteiger partial charge in [0.25, 0.3) is 0 Å². The summed E-state index contributed by atoms with van der Waals surface area (Å²) in [6, 6.07) is 6.15. The number of hydrogen-bond acceptors (Lipinski definition) is 4. The maximum absolute atomic E-state index is 14.5. The van der Waals surface area contributed by atoms with Crippen LogP contribution < -0.4 is 0 Å². The number of ketones is 1. The van der Waals surface area contributed by atoms with Gasteiger partial charge in [-0.1, -0.05) is 0 Å². The molecular formula is C21H21F2N3O2. The summed E-state index contributed by atoms with van der Waals surface area (Å²) < 4.78 is 30.1. The van der Waals surface area contributed by atoms with Crippen LogP contribution in [0.15, 0.2) is 18.2 Å². The van der Waals surface area contributed by atoms with Crippen LogP contribution in [0.4, 0.5) is 8.78 Å². The number of nitriles is 1. The van der Waals surface area contributed by atoms with E-state index in [1.54, 1.807) is 26.0 Å². The molecule has 7 heteroatoms. The van der Waals surface area contributed by atoms with E-state index in [-0.39, 0.29) is 41.8 Å². The first-order valence-corrected chi connectivity index (χ1v) is 9.38. The number of aryl methyl sites for hydroxylation is 1. The molecule has 0 saturated carbocycles. The third kappa shape index (κ3) is 2.76. The Kier molecular flexibility index (Phi) is 4.56. The topological polar surface area (TPSA) is 69.3 Å². The van der Waals surface area contributed by atoms with Crippen LogP contribution in [-0.2, 0) is 0 Å². The van der Waals surface area contributed by atoms with Crippen LogP contribution in [-0.4, -0.2) is 45.1 Å². The summed E-state index contributed by atoms with van der Waals surface area (Å²) in [5, 5.41) is 18.9. The van der Waals surface area contributed by atoms with Crippen molar-refractivity contribution >= 4 is 5.78 Å². The van der Waals surface area contributed by atoms with Crippen LogP contribution in [0.2, 0.25) is 0 Å². The van der Waals surface area contributed by atoms with Crippen molar-refractivity contribution in [3.8, 4) is 11.8 Å². The molecule has 0 amide bonds. The zero-order valence-corrected chi connectivity index (χ0v) is 15.7. The summed E-state index contributed by atoms with van der Waals surface area (Å²) in [6.45, 7) is 3.63. The van der Waals surface area contributed by atoms with Crippen LogP contribution in [0.25, 0.3) is 5.69 Å². The largest absolute Gasteiger partial charge is 0.391 e. The predicted molar refractivity (Wildman–Crippen MR) is 98.3 cm³/mol. The molecular weight excluding hydrogens is 364 g/mol. The minimum absolute atomic E-state index is 0.0257. The van der Waals surface area contributed by atoms with Crippen LogP contribution >= 0.6 is 0 Å². The van der Waals surface area contributed by atoms with Gasteiger partial charge in [-0.3, -0.25) is 9.69 Å². The summed E-state index contributed by atoms with van der Waals surface area (Å²) in [5.74, 6) is -2.40. The Hall–Kier alpha value is -2.56. The Morgan fingerprint density at radius 2 is 2.04 bits per heavy atom. The Morgan fingerprint density at radius 1 is 1.29 bits per heavy atom. The number of nitrogens with zero attached hydrogens (tertiary/aromatic N) is 3. The van der Waals surface area contributed by atoms with Gasteiger partial charge in [0.1, 0.15) is 6.07 Å². The first-order chi connectivity index (χ1) is 13.3. The van der Waals surface area contributed by atoms with E-state index in [0.717, 1.165) is 12.8 Å². The maximum Gasteiger partial charge on any atom is 0.184 e. The molecule has 1 aromatic carbocycles. The second-order valence-electron chi connectivity index (χ2n) is 7.69. The molecule has 1 aromatic heterocycles. The van der Waals surface area contributed by atoms with Crippen LogP contribution in [0.3, 0.4) is 0 Å². The van der Waals surface area contributed by atoms with Gasteiger partial charge in [0.05, 0.1) is 23.9 Å². The smallest absolute Gasteiger partial charge is 0.184 e. The lowest BCUT2D eigenvalue weighted by atomic mass is 9.98. The Morgan fingerprint density at radius 3 is 2.64 bits per heavy atom. The zero-order chi connectivity index (χ0) is 20.2. The van der Waals surface area contributed by atoms with Crippen LogP contribution in [0, 0.1) is 36.8 Å². The third-order valence-electron chi connectivity index (χ3n) is 6.13. The number of fused-ring (bicyclic) bond motifs is 2. The van der Waals surface area contributed by atoms with Gasteiger partial charge in [-0.15, -0.1) is 0 Å². The minimum atomic E-state index is -1.19. The summed E-state index contributed by atoms with van der Waals surface area (Å²) >= 11 is 0. The molecule has 2 unspecified atom stereocenters. The number of Topliss-reactive ketones (excluding diaryl/α,β-unsaturated/α-hetero) is 1. The van der Waals surface area contributed by atoms with Gasteiger partial charge in [-0.2, -0.15) is 5.26 Å². The number of benzene rings is 1. The number of rotatable bonds is 4. The highest BCUT2D eigenvalue weighted by Gasteiger charge is 2.46. The number of aliphatic hydroxyl groups excluding tert-OH is 1. The lowest BCUT2D eigenvalue weighted by Gasteiger charge is -2.21. The van der Waals surface area contributed by atoms with Gasteiger partial charge in [0, 0.05) is 29.0 Å². The monoisotopic (exact) mass is 385 g/mol. The molecule has 5 nitrogen and oxygen atoms in total. The van der Waals surface area contributed by atoms with Crippen LogP contribution in [0.1, 0.15) is 46.6 Å². The number of aromatic nitrogens is 1. The number of carbonyl (C=O) groups excluding carboxylic acids is 1. The van der Waals surface area contributed by atoms with Gasteiger partial charge in [0.2, 0.25) is 0 Å². The molecule has 146 valence electrons. The van der Waals surface area contributed by atoms with Crippen molar-refractivity contribution in [2.75, 3.05) is 6.54 Å². The Labute approximate surface area is 161 Å². The molecule has 1 N–H and O–H groups in total. The average molecular weight is 385 g/mol. The van der Waals surface area contributed by atoms with E-state index in [1.807, 2.05) is 0 Å². The minimum Gasteiger partial charge on any atom is -0.391 e. The third-order valence-corrected chi connectivity index (χ3v) is 6.13. The summed E-state index contributed by atoms with van der Waals surface area (Å²) in [7, 11) is 0. The average Bonchev–Trinajstić information content (AvgIpc) is 3.28. The van der Waals surface area contributed by atoms with Crippen molar-refractivity contribution in [3.63, 3.8) is 0 Å². The highest BCUT2D eigenvalue weighted by molar-refractivity contribution is 5.99. The number of carbonyl (C=O) groups is 1. The van der Waals surface area contributed by atoms with Gasteiger partial charge in [-0.25, -0.2) is 8.78 Å². The number of aliphatic hydroxyl groups is 1. The molecule has 28 heavy (non-hydrogen) atoms. The first-order valence-electron chi connectivity index (χ1n) is 9.38. The quantitative estimate of drug-likeness (QED) is 0.822. The molecule has 2 aliphatic rings. The van der Waals surface area contributed by atoms with Gasteiger partial charge < -0.3 is 9.67 Å². The zero-order valence-electron chi connectivity index (χ0n) is 15.7. The van der Waals surface area contributed by atoms with Crippen molar-refractivity contribution < 1.29 is 18.7 Å². The summed E-state index contributed by atoms with van der Waals surface area (Å²) in [5.41, 5.74) is 1.21. The SMILES string of the molecule is Cc1cc(C(=O)CN2C3CCC2[C@@H](O)C3)c(C)n1-c1ccc(C#N)c(F)c1F. The second-order valence-corrected chi connectivity index (χ2v) is 7.69. The van der Waals surface area contributed by atoms with Crippen LogP contribution in [0.5, 0.6) is 0 Å². The van der Waals surface area contributed by atoms with Gasteiger partial charge in [-0.05, 0) is 51.3 Å². The van der Waals surface area contributed by atoms with E-state index in [9.17, 15) is 18.7 Å². The van der Waals surface area contributed by atoms with E-state index in [4.69, 9.17) is 5.26 Å². The molecule has 0 spiro atoms. The van der Waals surface area contributed by atoms with Crippen molar-refractivity contribution in [2.24, 2.45) is 0 Å². The Balaban J connectivity index is 1.66. The molecule has 2 aliphatic heterocycles. The molecule has 2 fully saturated rings. The van der Waals surface area contributed by atoms with Gasteiger partial charge in [0.15, 0.2) is 17.4 Å². The van der Waals surface area contributed by atoms with Crippen molar-refractivity contribution in [2.45, 2.75) is 51.3 Å². The fourth-order valence-electron chi connectivity index (χ4n) is 4.78. The van der Waals surface area contributed by atoms with E-state index >= 15 is 0 Å². The van der Waals surface area contributed by atoms with Crippen molar-refractivity contribution in [1.29, 1.82) is 5.26 Å². The maximum atomic E-state index is 14.5. The van der Waals surface area contributed by atoms with Gasteiger partial charge >= 0.3 is 0 Å². The molecule has 3 heterocycles. The molecule has 0 radical (unpaired) electrons. The molecule has 4 rings (SSSR count). The molecule has 2 aromatic rings. The van der Waals surface area contributed by atoms with Crippen molar-refractivity contribution in [1.82, 2.24) is 9.47 Å². The summed E-state index contributed by atoms with van der Waals surface area (Å²) in [4.78, 5) is 15.0. The lowest BCUT2D eigenvalue weighted by Crippen LogP contribution is -2.36. The number of hydrogen-bond donors (Lipinski definition) is 1. The standard InChI is InChI=1S/C21H21F2N3O2/c1-11-7-15(19(28)10-25-14-4-6-16(25)18(27)8-14)12(2)26(11)17-5-3-13(9-24)20(22)21(17)23/h3,5,7,14,16,18,27H,4,6,8,10H2,1-2H3/t14?,16?,18-/m0/s1. The Bertz CT molecular complexity index is 1010. The predicted octanol–water partition coefficient (Wildman–Crippen LogP) is 3.02. The van der Waals surface area contributed by atoms with Crippen molar-refractivity contribution in [3.05, 3.63) is 52.3 Å². The lowest BCUT2D eigenvalue weighted by molar-refractivity contribution is 0.0873. The molecule has 0 aliphatic carbocycles. The first kappa shape index (κ1) is 18.8. The molecule has 2 bridgehead atoms. The summed E-state index contributed by atoms with van der Waals surface area (Å²) in [6.07, 6.45) is 2.21. The van der Waals surface area contributed by atoms with E-state index < -0.39 is 11.6 Å². The molecule has 3 atom stereocenters. The normalized spacial score (nSPS) is 23.9. The second kappa shape index (κ2) is 6.80. The van der Waals surface area contributed by atoms with E-state index in [2.05, 4.69) is 4.90 Å². The molecule has 2 saturated heterocycles. The highest BCUT2D eigenvalue weighted by Crippen LogP contribution is 2.37. The van der Waals surface area contributed by atoms with E-state index in [0.29, 0.717) is 23.4 Å².